The van der Waals surface area contributed by atoms with Gasteiger partial charge in [-0.05, 0) is 120 Å². The van der Waals surface area contributed by atoms with Crippen LogP contribution in [0.25, 0.3) is 27.4 Å². The summed E-state index contributed by atoms with van der Waals surface area (Å²) in [6.45, 7) is 4.13. The SMILES string of the molecule is Oc1cccc2c1[nH]c1c(C3=C[C@@]4(O)CC/C=C\CCCCN5CC[C@@H]3[C@]3(CC/C=C/CCCCN[C@H]34)C5)nccc12. The van der Waals surface area contributed by atoms with E-state index in [-0.39, 0.29) is 23.1 Å². The first-order valence-electron chi connectivity index (χ1n) is 16.4. The molecule has 5 atom stereocenters. The minimum atomic E-state index is -0.997. The van der Waals surface area contributed by atoms with E-state index in [0.717, 1.165) is 98.6 Å². The molecule has 7 rings (SSSR count). The molecule has 1 saturated heterocycles. The van der Waals surface area contributed by atoms with E-state index in [2.05, 4.69) is 51.6 Å². The molecule has 4 aliphatic rings. The highest BCUT2D eigenvalue weighted by Gasteiger charge is 2.58. The normalized spacial score (nSPS) is 34.3. The summed E-state index contributed by atoms with van der Waals surface area (Å²) in [5.74, 6) is 0.532. The van der Waals surface area contributed by atoms with Crippen LogP contribution in [0.3, 0.4) is 0 Å². The van der Waals surface area contributed by atoms with Crippen molar-refractivity contribution in [2.75, 3.05) is 26.2 Å². The quantitative estimate of drug-likeness (QED) is 0.242. The summed E-state index contributed by atoms with van der Waals surface area (Å²) in [4.78, 5) is 11.3. The molecule has 1 aromatic carbocycles. The molecular formula is C36H46N4O2. The summed E-state index contributed by atoms with van der Waals surface area (Å²) in [6.07, 6.45) is 25.2. The number of pyridine rings is 1. The number of nitrogens with zero attached hydrogens (tertiary/aromatic N) is 2. The molecule has 0 saturated carbocycles. The van der Waals surface area contributed by atoms with E-state index in [9.17, 15) is 10.2 Å². The van der Waals surface area contributed by atoms with Crippen molar-refractivity contribution in [3.05, 3.63) is 66.5 Å². The number of H-pyrrole nitrogens is 1. The van der Waals surface area contributed by atoms with Crippen LogP contribution >= 0.6 is 0 Å². The third-order valence-electron chi connectivity index (χ3n) is 10.7. The van der Waals surface area contributed by atoms with Gasteiger partial charge in [-0.25, -0.2) is 0 Å². The number of aromatic amines is 1. The van der Waals surface area contributed by atoms with Crippen LogP contribution in [-0.4, -0.2) is 62.9 Å². The van der Waals surface area contributed by atoms with Crippen LogP contribution in [0.1, 0.15) is 76.3 Å². The highest BCUT2D eigenvalue weighted by Crippen LogP contribution is 2.56. The second kappa shape index (κ2) is 11.6. The predicted octanol–water partition coefficient (Wildman–Crippen LogP) is 6.86. The number of piperidine rings is 1. The second-order valence-corrected chi connectivity index (χ2v) is 13.2. The number of nitrogens with one attached hydrogen (secondary N) is 2. The van der Waals surface area contributed by atoms with Gasteiger partial charge in [0, 0.05) is 35.0 Å². The van der Waals surface area contributed by atoms with Crippen LogP contribution in [0.5, 0.6) is 5.75 Å². The first kappa shape index (κ1) is 27.9. The van der Waals surface area contributed by atoms with Crippen molar-refractivity contribution >= 4 is 27.4 Å². The minimum absolute atomic E-state index is 0.0202. The average molecular weight is 567 g/mol. The summed E-state index contributed by atoms with van der Waals surface area (Å²) >= 11 is 0. The lowest BCUT2D eigenvalue weighted by atomic mass is 9.53. The largest absolute Gasteiger partial charge is 0.506 e. The van der Waals surface area contributed by atoms with Crippen molar-refractivity contribution in [2.45, 2.75) is 82.3 Å². The Morgan fingerprint density at radius 1 is 0.857 bits per heavy atom. The van der Waals surface area contributed by atoms with Crippen molar-refractivity contribution in [2.24, 2.45) is 11.3 Å². The molecule has 42 heavy (non-hydrogen) atoms. The van der Waals surface area contributed by atoms with Gasteiger partial charge in [0.1, 0.15) is 5.75 Å². The van der Waals surface area contributed by atoms with Gasteiger partial charge >= 0.3 is 0 Å². The summed E-state index contributed by atoms with van der Waals surface area (Å²) in [5.41, 5.74) is 2.71. The lowest BCUT2D eigenvalue weighted by Crippen LogP contribution is -2.68. The fraction of sp³-hybridized carbons (Fsp3) is 0.528. The molecule has 2 aromatic heterocycles. The van der Waals surface area contributed by atoms with Gasteiger partial charge in [-0.15, -0.1) is 0 Å². The smallest absolute Gasteiger partial charge is 0.139 e. The first-order valence-corrected chi connectivity index (χ1v) is 16.4. The highest BCUT2D eigenvalue weighted by molar-refractivity contribution is 6.11. The Labute approximate surface area is 249 Å². The van der Waals surface area contributed by atoms with Gasteiger partial charge in [-0.2, -0.15) is 0 Å². The zero-order valence-corrected chi connectivity index (χ0v) is 24.8. The van der Waals surface area contributed by atoms with Gasteiger partial charge in [0.15, 0.2) is 0 Å². The number of para-hydroxylation sites is 1. The molecule has 3 aliphatic heterocycles. The number of aromatic hydroxyl groups is 1. The third kappa shape index (κ3) is 4.91. The third-order valence-corrected chi connectivity index (χ3v) is 10.7. The molecule has 1 aliphatic carbocycles. The zero-order chi connectivity index (χ0) is 28.6. The Balaban J connectivity index is 1.44. The van der Waals surface area contributed by atoms with Gasteiger partial charge < -0.3 is 25.4 Å². The van der Waals surface area contributed by atoms with Crippen LogP contribution < -0.4 is 5.32 Å². The summed E-state index contributed by atoms with van der Waals surface area (Å²) < 4.78 is 0. The Morgan fingerprint density at radius 2 is 1.64 bits per heavy atom. The molecule has 6 heteroatoms. The number of allylic oxidation sites excluding steroid dienone is 5. The van der Waals surface area contributed by atoms with E-state index < -0.39 is 5.60 Å². The van der Waals surface area contributed by atoms with E-state index in [1.165, 1.54) is 24.8 Å². The van der Waals surface area contributed by atoms with E-state index in [4.69, 9.17) is 4.98 Å². The Morgan fingerprint density at radius 3 is 2.52 bits per heavy atom. The number of hydrogen-bond donors (Lipinski definition) is 4. The molecule has 1 fully saturated rings. The maximum absolute atomic E-state index is 12.9. The van der Waals surface area contributed by atoms with E-state index >= 15 is 0 Å². The number of phenolic OH excluding ortho intramolecular Hbond substituents is 1. The summed E-state index contributed by atoms with van der Waals surface area (Å²) in [6, 6.07) is 7.73. The lowest BCUT2D eigenvalue weighted by molar-refractivity contribution is -0.0798. The summed E-state index contributed by atoms with van der Waals surface area (Å²) in [5, 5.41) is 29.7. The Bertz CT molecular complexity index is 1520. The molecule has 0 amide bonds. The molecule has 3 bridgehead atoms. The first-order chi connectivity index (χ1) is 20.6. The number of benzene rings is 1. The average Bonchev–Trinajstić information content (AvgIpc) is 3.36. The van der Waals surface area contributed by atoms with E-state index in [1.807, 2.05) is 18.3 Å². The number of rotatable bonds is 1. The minimum Gasteiger partial charge on any atom is -0.506 e. The maximum atomic E-state index is 12.9. The van der Waals surface area contributed by atoms with Gasteiger partial charge in [0.05, 0.1) is 22.3 Å². The molecule has 1 spiro atoms. The molecule has 4 N–H and O–H groups in total. The van der Waals surface area contributed by atoms with Gasteiger partial charge in [0.2, 0.25) is 0 Å². The summed E-state index contributed by atoms with van der Waals surface area (Å²) in [7, 11) is 0. The molecule has 3 aromatic rings. The van der Waals surface area contributed by atoms with Crippen LogP contribution in [-0.2, 0) is 0 Å². The van der Waals surface area contributed by atoms with Crippen molar-refractivity contribution in [1.82, 2.24) is 20.2 Å². The molecule has 222 valence electrons. The fourth-order valence-electron chi connectivity index (χ4n) is 8.75. The fourth-order valence-corrected chi connectivity index (χ4v) is 8.75. The molecular weight excluding hydrogens is 520 g/mol. The molecule has 0 radical (unpaired) electrons. The van der Waals surface area contributed by atoms with Crippen LogP contribution in [0.15, 0.2) is 60.8 Å². The number of aliphatic hydroxyl groups is 1. The van der Waals surface area contributed by atoms with Crippen molar-refractivity contribution in [1.29, 1.82) is 0 Å². The predicted molar refractivity (Wildman–Crippen MR) is 171 cm³/mol. The van der Waals surface area contributed by atoms with E-state index in [0.29, 0.717) is 6.42 Å². The van der Waals surface area contributed by atoms with Crippen LogP contribution in [0.4, 0.5) is 0 Å². The number of phenols is 1. The van der Waals surface area contributed by atoms with Crippen molar-refractivity contribution in [3.63, 3.8) is 0 Å². The van der Waals surface area contributed by atoms with Gasteiger partial charge in [-0.1, -0.05) is 36.4 Å². The Kier molecular flexibility index (Phi) is 7.72. The van der Waals surface area contributed by atoms with Crippen LogP contribution in [0, 0.1) is 11.3 Å². The number of hydrogen-bond acceptors (Lipinski definition) is 5. The van der Waals surface area contributed by atoms with Gasteiger partial charge in [0.25, 0.3) is 0 Å². The molecule has 5 heterocycles. The molecule has 6 nitrogen and oxygen atoms in total. The second-order valence-electron chi connectivity index (χ2n) is 13.2. The zero-order valence-electron chi connectivity index (χ0n) is 24.8. The van der Waals surface area contributed by atoms with Crippen LogP contribution in [0.2, 0.25) is 0 Å². The lowest BCUT2D eigenvalue weighted by Gasteiger charge is -2.60. The maximum Gasteiger partial charge on any atom is 0.139 e. The van der Waals surface area contributed by atoms with Crippen molar-refractivity contribution in [3.8, 4) is 5.75 Å². The number of fused-ring (bicyclic) bond motifs is 4. The van der Waals surface area contributed by atoms with Crippen molar-refractivity contribution < 1.29 is 10.2 Å². The van der Waals surface area contributed by atoms with E-state index in [1.54, 1.807) is 6.07 Å². The highest BCUT2D eigenvalue weighted by atomic mass is 16.3. The topological polar surface area (TPSA) is 84.4 Å². The number of aromatic nitrogens is 2. The standard InChI is InChI=1S/C36H46N4O2/c41-30-15-13-14-26-27-16-21-37-32(33(27)39-31(26)30)28-24-36(42)19-10-6-2-4-8-12-22-40-23-17-29(28)35(25-40)18-9-5-1-3-7-11-20-38-34(35)36/h1-2,5-6,13-16,21,24,29,34,38-39,41-42H,3-4,7-12,17-20,22-23,25H2/b5-1+,6-2-/t29-,34+,35-,36-/m0/s1. The molecule has 1 unspecified atom stereocenters. The Hall–Kier alpha value is -2.93. The monoisotopic (exact) mass is 566 g/mol. The van der Waals surface area contributed by atoms with Gasteiger partial charge in [-0.3, -0.25) is 4.98 Å².